The van der Waals surface area contributed by atoms with Crippen LogP contribution in [-0.2, 0) is 11.3 Å². The van der Waals surface area contributed by atoms with Crippen LogP contribution in [0.15, 0.2) is 12.1 Å². The Kier molecular flexibility index (Phi) is 2.84. The highest BCUT2D eigenvalue weighted by Gasteiger charge is 1.98. The number of methoxy groups -OCH3 is 1. The van der Waals surface area contributed by atoms with Crippen LogP contribution in [0.3, 0.4) is 0 Å². The van der Waals surface area contributed by atoms with Crippen LogP contribution in [-0.4, -0.2) is 12.1 Å². The lowest BCUT2D eigenvalue weighted by Gasteiger charge is -2.01. The van der Waals surface area contributed by atoms with Crippen LogP contribution in [0.5, 0.6) is 0 Å². The topological polar surface area (TPSA) is 22.1 Å². The SMILES string of the molecule is C#Cc1ccc(COC)nc1[CH2]. The first kappa shape index (κ1) is 8.76. The highest BCUT2D eigenvalue weighted by Crippen LogP contribution is 2.05. The highest BCUT2D eigenvalue weighted by atomic mass is 16.5. The van der Waals surface area contributed by atoms with Gasteiger partial charge >= 0.3 is 0 Å². The van der Waals surface area contributed by atoms with E-state index >= 15 is 0 Å². The van der Waals surface area contributed by atoms with E-state index in [9.17, 15) is 0 Å². The first-order valence-corrected chi connectivity index (χ1v) is 3.55. The lowest BCUT2D eigenvalue weighted by Crippen LogP contribution is -1.95. The molecule has 1 aromatic heterocycles. The van der Waals surface area contributed by atoms with Crippen molar-refractivity contribution < 1.29 is 4.74 Å². The van der Waals surface area contributed by atoms with E-state index in [0.29, 0.717) is 12.3 Å². The number of rotatable bonds is 2. The molecule has 2 heteroatoms. The van der Waals surface area contributed by atoms with Gasteiger partial charge in [0.05, 0.1) is 18.0 Å². The summed E-state index contributed by atoms with van der Waals surface area (Å²) in [5, 5.41) is 0. The predicted octanol–water partition coefficient (Wildman–Crippen LogP) is 1.39. The van der Waals surface area contributed by atoms with Gasteiger partial charge in [-0.3, -0.25) is 4.98 Å². The minimum atomic E-state index is 0.493. The summed E-state index contributed by atoms with van der Waals surface area (Å²) in [5.41, 5.74) is 2.21. The largest absolute Gasteiger partial charge is 0.378 e. The van der Waals surface area contributed by atoms with Gasteiger partial charge in [-0.2, -0.15) is 0 Å². The molecule has 12 heavy (non-hydrogen) atoms. The second-order valence-electron chi connectivity index (χ2n) is 2.37. The molecular formula is C10H10NO. The molecular weight excluding hydrogens is 150 g/mol. The third kappa shape index (κ3) is 1.84. The molecule has 0 unspecified atom stereocenters. The van der Waals surface area contributed by atoms with E-state index in [0.717, 1.165) is 11.3 Å². The van der Waals surface area contributed by atoms with Crippen LogP contribution in [0.1, 0.15) is 17.0 Å². The molecule has 1 radical (unpaired) electrons. The summed E-state index contributed by atoms with van der Waals surface area (Å²) in [6.07, 6.45) is 5.21. The van der Waals surface area contributed by atoms with Gasteiger partial charge in [0.2, 0.25) is 0 Å². The number of nitrogens with zero attached hydrogens (tertiary/aromatic N) is 1. The molecule has 2 nitrogen and oxygen atoms in total. The summed E-state index contributed by atoms with van der Waals surface area (Å²) in [5.74, 6) is 2.50. The quantitative estimate of drug-likeness (QED) is 0.610. The molecule has 0 aromatic carbocycles. The van der Waals surface area contributed by atoms with Gasteiger partial charge in [0.15, 0.2) is 0 Å². The zero-order chi connectivity index (χ0) is 8.97. The van der Waals surface area contributed by atoms with Crippen molar-refractivity contribution in [1.82, 2.24) is 4.98 Å². The number of hydrogen-bond acceptors (Lipinski definition) is 2. The summed E-state index contributed by atoms with van der Waals surface area (Å²) in [7, 11) is 1.62. The number of pyridine rings is 1. The predicted molar refractivity (Wildman–Crippen MR) is 47.3 cm³/mol. The Labute approximate surface area is 72.6 Å². The normalized spacial score (nSPS) is 9.42. The molecule has 1 rings (SSSR count). The van der Waals surface area contributed by atoms with Crippen molar-refractivity contribution in [3.05, 3.63) is 36.0 Å². The molecule has 0 N–H and O–H groups in total. The number of ether oxygens (including phenoxy) is 1. The maximum absolute atomic E-state index is 5.21. The first-order valence-electron chi connectivity index (χ1n) is 3.55. The van der Waals surface area contributed by atoms with Crippen molar-refractivity contribution in [3.8, 4) is 12.3 Å². The zero-order valence-electron chi connectivity index (χ0n) is 7.00. The molecule has 0 amide bonds. The fraction of sp³-hybridized carbons (Fsp3) is 0.200. The Hall–Kier alpha value is -1.33. The smallest absolute Gasteiger partial charge is 0.0884 e. The fourth-order valence-corrected chi connectivity index (χ4v) is 0.906. The highest BCUT2D eigenvalue weighted by molar-refractivity contribution is 5.38. The molecule has 1 heterocycles. The maximum atomic E-state index is 5.21. The average Bonchev–Trinajstić information content (AvgIpc) is 2.05. The van der Waals surface area contributed by atoms with Gasteiger partial charge in [-0.25, -0.2) is 0 Å². The average molecular weight is 160 g/mol. The Balaban J connectivity index is 2.96. The van der Waals surface area contributed by atoms with Gasteiger partial charge in [0.25, 0.3) is 0 Å². The summed E-state index contributed by atoms with van der Waals surface area (Å²) < 4.78 is 4.91. The first-order chi connectivity index (χ1) is 5.77. The van der Waals surface area contributed by atoms with Crippen molar-refractivity contribution in [3.63, 3.8) is 0 Å². The van der Waals surface area contributed by atoms with Crippen LogP contribution in [0.4, 0.5) is 0 Å². The van der Waals surface area contributed by atoms with Crippen molar-refractivity contribution in [2.45, 2.75) is 6.61 Å². The van der Waals surface area contributed by atoms with E-state index in [1.54, 1.807) is 7.11 Å². The van der Waals surface area contributed by atoms with Crippen molar-refractivity contribution in [1.29, 1.82) is 0 Å². The molecule has 0 aliphatic rings. The lowest BCUT2D eigenvalue weighted by atomic mass is 10.2. The zero-order valence-corrected chi connectivity index (χ0v) is 7.00. The molecule has 0 saturated carbocycles. The van der Waals surface area contributed by atoms with E-state index in [2.05, 4.69) is 17.8 Å². The minimum absolute atomic E-state index is 0.493. The van der Waals surface area contributed by atoms with Crippen LogP contribution >= 0.6 is 0 Å². The second kappa shape index (κ2) is 3.89. The Morgan fingerprint density at radius 3 is 2.92 bits per heavy atom. The Morgan fingerprint density at radius 1 is 1.67 bits per heavy atom. The third-order valence-electron chi connectivity index (χ3n) is 1.48. The lowest BCUT2D eigenvalue weighted by molar-refractivity contribution is 0.181. The molecule has 61 valence electrons. The summed E-state index contributed by atoms with van der Waals surface area (Å²) in [6, 6.07) is 3.66. The molecule has 1 aromatic rings. The molecule has 0 fully saturated rings. The monoisotopic (exact) mass is 160 g/mol. The fourth-order valence-electron chi connectivity index (χ4n) is 0.906. The van der Waals surface area contributed by atoms with Crippen LogP contribution in [0, 0.1) is 19.3 Å². The molecule has 0 atom stereocenters. The Morgan fingerprint density at radius 2 is 2.42 bits per heavy atom. The summed E-state index contributed by atoms with van der Waals surface area (Å²) in [4.78, 5) is 4.16. The Bertz CT molecular complexity index is 312. The van der Waals surface area contributed by atoms with Crippen LogP contribution in [0.25, 0.3) is 0 Å². The molecule has 0 aliphatic carbocycles. The number of aromatic nitrogens is 1. The van der Waals surface area contributed by atoms with Gasteiger partial charge in [-0.15, -0.1) is 6.42 Å². The van der Waals surface area contributed by atoms with Crippen molar-refractivity contribution in [2.75, 3.05) is 7.11 Å². The molecule has 0 bridgehead atoms. The minimum Gasteiger partial charge on any atom is -0.378 e. The van der Waals surface area contributed by atoms with Gasteiger partial charge in [0, 0.05) is 12.7 Å². The molecule has 0 spiro atoms. The third-order valence-corrected chi connectivity index (χ3v) is 1.48. The van der Waals surface area contributed by atoms with Crippen molar-refractivity contribution in [2.24, 2.45) is 0 Å². The standard InChI is InChI=1S/C10H10NO/c1-4-9-5-6-10(7-12-3)11-8(9)2/h1,5-6H,2,7H2,3H3. The number of hydrogen-bond donors (Lipinski definition) is 0. The van der Waals surface area contributed by atoms with Gasteiger partial charge in [0.1, 0.15) is 0 Å². The van der Waals surface area contributed by atoms with Gasteiger partial charge in [-0.05, 0) is 19.1 Å². The maximum Gasteiger partial charge on any atom is 0.0884 e. The van der Waals surface area contributed by atoms with E-state index < -0.39 is 0 Å². The van der Waals surface area contributed by atoms with E-state index in [1.165, 1.54) is 0 Å². The van der Waals surface area contributed by atoms with Crippen LogP contribution in [0.2, 0.25) is 0 Å². The summed E-state index contributed by atoms with van der Waals surface area (Å²) >= 11 is 0. The van der Waals surface area contributed by atoms with Crippen molar-refractivity contribution >= 4 is 0 Å². The number of terminal acetylenes is 1. The van der Waals surface area contributed by atoms with Gasteiger partial charge < -0.3 is 4.74 Å². The molecule has 0 saturated heterocycles. The second-order valence-corrected chi connectivity index (χ2v) is 2.37. The summed E-state index contributed by atoms with van der Waals surface area (Å²) in [6.45, 7) is 4.22. The molecule has 0 aliphatic heterocycles. The van der Waals surface area contributed by atoms with Crippen LogP contribution < -0.4 is 0 Å². The van der Waals surface area contributed by atoms with E-state index in [-0.39, 0.29) is 0 Å². The van der Waals surface area contributed by atoms with E-state index in [1.807, 2.05) is 12.1 Å². The van der Waals surface area contributed by atoms with Gasteiger partial charge in [-0.1, -0.05) is 5.92 Å². The van der Waals surface area contributed by atoms with E-state index in [4.69, 9.17) is 11.2 Å².